The van der Waals surface area contributed by atoms with Crippen molar-refractivity contribution in [3.63, 3.8) is 0 Å². The van der Waals surface area contributed by atoms with Gasteiger partial charge in [0.15, 0.2) is 0 Å². The van der Waals surface area contributed by atoms with E-state index in [1.807, 2.05) is 22.6 Å². The number of benzene rings is 1. The fourth-order valence-electron chi connectivity index (χ4n) is 0.675. The summed E-state index contributed by atoms with van der Waals surface area (Å²) >= 11 is 7.47. The highest BCUT2D eigenvalue weighted by Crippen LogP contribution is 2.22. The van der Waals surface area contributed by atoms with E-state index in [4.69, 9.17) is 16.2 Å². The Bertz CT molecular complexity index is 401. The molecule has 0 aliphatic rings. The molecule has 6 heteroatoms. The Hall–Kier alpha value is 0.150. The van der Waals surface area contributed by atoms with Gasteiger partial charge in [-0.2, -0.15) is 8.42 Å². The first-order chi connectivity index (χ1) is 5.41. The van der Waals surface area contributed by atoms with Gasteiger partial charge in [0.05, 0.1) is 5.02 Å². The summed E-state index contributed by atoms with van der Waals surface area (Å²) in [7, 11) is -4.19. The summed E-state index contributed by atoms with van der Waals surface area (Å²) in [6.45, 7) is 0. The molecule has 0 unspecified atom stereocenters. The summed E-state index contributed by atoms with van der Waals surface area (Å²) in [6.07, 6.45) is 0. The van der Waals surface area contributed by atoms with Crippen LogP contribution >= 0.6 is 34.2 Å². The highest BCUT2D eigenvalue weighted by atomic mass is 127. The Labute approximate surface area is 88.6 Å². The van der Waals surface area contributed by atoms with Crippen LogP contribution in [0.1, 0.15) is 0 Å². The Morgan fingerprint density at radius 2 is 2.00 bits per heavy atom. The minimum absolute atomic E-state index is 0.0258. The van der Waals surface area contributed by atoms with Crippen molar-refractivity contribution < 1.29 is 13.0 Å². The molecule has 0 bridgehead atoms. The molecule has 0 aliphatic carbocycles. The van der Waals surface area contributed by atoms with Crippen LogP contribution in [0.4, 0.5) is 0 Å². The Balaban J connectivity index is 3.43. The van der Waals surface area contributed by atoms with Crippen LogP contribution in [-0.2, 0) is 10.1 Å². The van der Waals surface area contributed by atoms with Gasteiger partial charge in [-0.05, 0) is 40.8 Å². The highest BCUT2D eigenvalue weighted by molar-refractivity contribution is 14.1. The molecule has 0 aliphatic heterocycles. The summed E-state index contributed by atoms with van der Waals surface area (Å²) < 4.78 is 30.7. The molecule has 0 saturated heterocycles. The Kier molecular flexibility index (Phi) is 2.97. The fourth-order valence-corrected chi connectivity index (χ4v) is 2.38. The maximum absolute atomic E-state index is 10.7. The molecule has 0 saturated carbocycles. The largest absolute Gasteiger partial charge is 0.296 e. The van der Waals surface area contributed by atoms with Crippen molar-refractivity contribution >= 4 is 44.3 Å². The van der Waals surface area contributed by atoms with Crippen molar-refractivity contribution in [2.75, 3.05) is 0 Å². The molecule has 1 aromatic rings. The molecule has 0 amide bonds. The molecule has 0 atom stereocenters. The van der Waals surface area contributed by atoms with Crippen LogP contribution < -0.4 is 0 Å². The predicted molar refractivity (Wildman–Crippen MR) is 54.0 cm³/mol. The van der Waals surface area contributed by atoms with Gasteiger partial charge >= 0.3 is 0 Å². The van der Waals surface area contributed by atoms with Crippen molar-refractivity contribution in [3.05, 3.63) is 26.8 Å². The number of hydrogen-bond donors (Lipinski definition) is 1. The molecule has 66 valence electrons. The first kappa shape index (κ1) is 10.2. The normalized spacial score (nSPS) is 11.6. The zero-order valence-corrected chi connectivity index (χ0v) is 9.39. The van der Waals surface area contributed by atoms with E-state index in [9.17, 15) is 8.42 Å². The second kappa shape index (κ2) is 3.49. The summed E-state index contributed by atoms with van der Waals surface area (Å²) in [6, 6.07) is 4.38. The molecule has 3 nitrogen and oxygen atoms in total. The highest BCUT2D eigenvalue weighted by Gasteiger charge is 2.13. The van der Waals surface area contributed by atoms with Crippen LogP contribution in [-0.4, -0.2) is 13.0 Å². The molecule has 1 aromatic carbocycles. The van der Waals surface area contributed by atoms with Crippen LogP contribution in [0.2, 0.25) is 5.02 Å². The lowest BCUT2D eigenvalue weighted by molar-refractivity contribution is 0.483. The molecule has 0 spiro atoms. The zero-order valence-electron chi connectivity index (χ0n) is 5.66. The second-order valence-electron chi connectivity index (χ2n) is 2.05. The van der Waals surface area contributed by atoms with E-state index in [1.165, 1.54) is 12.1 Å². The topological polar surface area (TPSA) is 54.4 Å². The van der Waals surface area contributed by atoms with E-state index in [0.29, 0.717) is 3.57 Å². The molecule has 12 heavy (non-hydrogen) atoms. The van der Waals surface area contributed by atoms with Crippen molar-refractivity contribution in [1.82, 2.24) is 0 Å². The summed E-state index contributed by atoms with van der Waals surface area (Å²) in [5.74, 6) is 0. The van der Waals surface area contributed by atoms with Gasteiger partial charge in [-0.3, -0.25) is 4.55 Å². The van der Waals surface area contributed by atoms with Gasteiger partial charge < -0.3 is 0 Å². The maximum atomic E-state index is 10.7. The van der Waals surface area contributed by atoms with E-state index < -0.39 is 10.1 Å². The molecule has 0 radical (unpaired) electrons. The summed E-state index contributed by atoms with van der Waals surface area (Å²) in [5.41, 5.74) is 0. The van der Waals surface area contributed by atoms with Crippen molar-refractivity contribution in [3.8, 4) is 0 Å². The van der Waals surface area contributed by atoms with E-state index in [1.54, 1.807) is 6.07 Å². The fraction of sp³-hybridized carbons (Fsp3) is 0. The average molecular weight is 319 g/mol. The van der Waals surface area contributed by atoms with Crippen LogP contribution in [0, 0.1) is 3.57 Å². The predicted octanol–water partition coefficient (Wildman–Crippen LogP) is 2.19. The average Bonchev–Trinajstić information content (AvgIpc) is 1.92. The third-order valence-corrected chi connectivity index (χ3v) is 3.18. The van der Waals surface area contributed by atoms with Crippen LogP contribution in [0.5, 0.6) is 0 Å². The first-order valence-electron chi connectivity index (χ1n) is 2.84. The Morgan fingerprint density at radius 1 is 1.42 bits per heavy atom. The van der Waals surface area contributed by atoms with E-state index >= 15 is 0 Å². The molecular weight excluding hydrogens is 314 g/mol. The molecule has 0 aromatic heterocycles. The van der Waals surface area contributed by atoms with E-state index in [-0.39, 0.29) is 9.92 Å². The van der Waals surface area contributed by atoms with Gasteiger partial charge in [0.2, 0.25) is 0 Å². The van der Waals surface area contributed by atoms with Crippen molar-refractivity contribution in [1.29, 1.82) is 0 Å². The van der Waals surface area contributed by atoms with Gasteiger partial charge in [0, 0.05) is 3.57 Å². The number of halogens is 2. The monoisotopic (exact) mass is 318 g/mol. The summed E-state index contributed by atoms with van der Waals surface area (Å²) in [4.78, 5) is -0.254. The lowest BCUT2D eigenvalue weighted by Gasteiger charge is -1.99. The first-order valence-corrected chi connectivity index (χ1v) is 5.73. The Morgan fingerprint density at radius 3 is 2.42 bits per heavy atom. The molecular formula is C6H4ClIO3S. The lowest BCUT2D eigenvalue weighted by atomic mass is 10.4. The van der Waals surface area contributed by atoms with Gasteiger partial charge in [-0.25, -0.2) is 0 Å². The van der Waals surface area contributed by atoms with Crippen molar-refractivity contribution in [2.45, 2.75) is 4.90 Å². The smallest absolute Gasteiger partial charge is 0.282 e. The van der Waals surface area contributed by atoms with Gasteiger partial charge in [0.1, 0.15) is 4.90 Å². The molecule has 1 rings (SSSR count). The standard InChI is InChI=1S/C6H4ClIO3S/c7-5-2-1-4(8)3-6(5)12(9,10)11/h1-3H,(H,9,10,11). The number of hydrogen-bond acceptors (Lipinski definition) is 2. The minimum atomic E-state index is -4.19. The van der Waals surface area contributed by atoms with E-state index in [0.717, 1.165) is 0 Å². The third kappa shape index (κ3) is 2.32. The van der Waals surface area contributed by atoms with Crippen LogP contribution in [0.25, 0.3) is 0 Å². The summed E-state index contributed by atoms with van der Waals surface area (Å²) in [5, 5.41) is 0.0258. The molecule has 1 N–H and O–H groups in total. The van der Waals surface area contributed by atoms with Crippen molar-refractivity contribution in [2.24, 2.45) is 0 Å². The van der Waals surface area contributed by atoms with Gasteiger partial charge in [0.25, 0.3) is 10.1 Å². The zero-order chi connectivity index (χ0) is 9.35. The van der Waals surface area contributed by atoms with E-state index in [2.05, 4.69) is 0 Å². The quantitative estimate of drug-likeness (QED) is 0.638. The SMILES string of the molecule is O=S(=O)(O)c1cc(I)ccc1Cl. The van der Waals surface area contributed by atoms with Gasteiger partial charge in [-0.1, -0.05) is 11.6 Å². The third-order valence-electron chi connectivity index (χ3n) is 1.17. The van der Waals surface area contributed by atoms with Gasteiger partial charge in [-0.15, -0.1) is 0 Å². The molecule has 0 fully saturated rings. The van der Waals surface area contributed by atoms with Crippen LogP contribution in [0.3, 0.4) is 0 Å². The molecule has 0 heterocycles. The second-order valence-corrected chi connectivity index (χ2v) is 5.09. The minimum Gasteiger partial charge on any atom is -0.282 e. The maximum Gasteiger partial charge on any atom is 0.296 e. The lowest BCUT2D eigenvalue weighted by Crippen LogP contribution is -1.99. The van der Waals surface area contributed by atoms with Crippen LogP contribution in [0.15, 0.2) is 23.1 Å². The number of rotatable bonds is 1.